The zero-order valence-corrected chi connectivity index (χ0v) is 15.1. The second kappa shape index (κ2) is 7.50. The summed E-state index contributed by atoms with van der Waals surface area (Å²) in [6.45, 7) is 5.05. The minimum atomic E-state index is 0.147. The van der Waals surface area contributed by atoms with Gasteiger partial charge in [-0.1, -0.05) is 12.8 Å². The Bertz CT molecular complexity index is 588. The fraction of sp³-hybridized carbons (Fsp3) is 0.750. The fourth-order valence-electron chi connectivity index (χ4n) is 4.58. The van der Waals surface area contributed by atoms with Gasteiger partial charge in [0.25, 0.3) is 5.91 Å². The summed E-state index contributed by atoms with van der Waals surface area (Å²) in [5.74, 6) is 0.765. The van der Waals surface area contributed by atoms with Gasteiger partial charge in [0.05, 0.1) is 0 Å². The van der Waals surface area contributed by atoms with E-state index in [1.807, 2.05) is 23.2 Å². The maximum atomic E-state index is 13.0. The molecule has 4 rings (SSSR count). The molecule has 3 heterocycles. The lowest BCUT2D eigenvalue weighted by molar-refractivity contribution is 0.0768. The van der Waals surface area contributed by atoms with Crippen LogP contribution in [0.4, 0.5) is 0 Å². The van der Waals surface area contributed by atoms with E-state index in [2.05, 4.69) is 9.47 Å². The Morgan fingerprint density at radius 3 is 2.48 bits per heavy atom. The molecule has 1 amide bonds. The number of carbonyl (C=O) groups excluding carboxylic acids is 1. The van der Waals surface area contributed by atoms with Crippen LogP contribution in [0.25, 0.3) is 0 Å². The molecule has 5 nitrogen and oxygen atoms in total. The first-order valence-corrected chi connectivity index (χ1v) is 10.1. The van der Waals surface area contributed by atoms with Gasteiger partial charge in [0.1, 0.15) is 5.69 Å². The standard InChI is InChI=1S/C20H31N3O2/c24-15-17-14-22(13-16(17)12-21-9-3-1-2-4-10-21)20(25)19-6-5-11-23(19)18-7-8-18/h5-6,11,16-18,24H,1-4,7-10,12-15H2. The first kappa shape index (κ1) is 17.1. The Morgan fingerprint density at radius 1 is 1.08 bits per heavy atom. The SMILES string of the molecule is O=C(c1cccn1C1CC1)N1CC(CO)C(CN2CCCCCC2)C1. The average Bonchev–Trinajstić information content (AvgIpc) is 3.29. The van der Waals surface area contributed by atoms with Crippen molar-refractivity contribution in [2.45, 2.75) is 44.6 Å². The van der Waals surface area contributed by atoms with Crippen molar-refractivity contribution in [3.05, 3.63) is 24.0 Å². The van der Waals surface area contributed by atoms with E-state index < -0.39 is 0 Å². The van der Waals surface area contributed by atoms with Crippen LogP contribution in [0, 0.1) is 11.8 Å². The number of amides is 1. The highest BCUT2D eigenvalue weighted by Crippen LogP contribution is 2.36. The van der Waals surface area contributed by atoms with Crippen LogP contribution in [0.3, 0.4) is 0 Å². The lowest BCUT2D eigenvalue weighted by Gasteiger charge is -2.26. The normalized spacial score (nSPS) is 28.3. The predicted octanol–water partition coefficient (Wildman–Crippen LogP) is 2.38. The number of aliphatic hydroxyl groups excluding tert-OH is 1. The van der Waals surface area contributed by atoms with Crippen molar-refractivity contribution in [3.63, 3.8) is 0 Å². The third-order valence-corrected chi connectivity index (χ3v) is 6.23. The van der Waals surface area contributed by atoms with Crippen molar-refractivity contribution in [1.29, 1.82) is 0 Å². The van der Waals surface area contributed by atoms with E-state index in [9.17, 15) is 9.90 Å². The molecule has 3 aliphatic rings. The maximum Gasteiger partial charge on any atom is 0.270 e. The van der Waals surface area contributed by atoms with Crippen molar-refractivity contribution in [3.8, 4) is 0 Å². The Labute approximate surface area is 150 Å². The quantitative estimate of drug-likeness (QED) is 0.891. The van der Waals surface area contributed by atoms with Gasteiger partial charge in [-0.15, -0.1) is 0 Å². The van der Waals surface area contributed by atoms with Gasteiger partial charge in [0, 0.05) is 44.4 Å². The fourth-order valence-corrected chi connectivity index (χ4v) is 4.58. The van der Waals surface area contributed by atoms with Crippen LogP contribution in [0.5, 0.6) is 0 Å². The van der Waals surface area contributed by atoms with Gasteiger partial charge in [-0.2, -0.15) is 0 Å². The molecule has 0 bridgehead atoms. The molecule has 138 valence electrons. The summed E-state index contributed by atoms with van der Waals surface area (Å²) >= 11 is 0. The van der Waals surface area contributed by atoms with Crippen LogP contribution in [-0.2, 0) is 0 Å². The summed E-state index contributed by atoms with van der Waals surface area (Å²) in [6, 6.07) is 4.47. The maximum absolute atomic E-state index is 13.0. The largest absolute Gasteiger partial charge is 0.396 e. The average molecular weight is 345 g/mol. The van der Waals surface area contributed by atoms with Crippen molar-refractivity contribution >= 4 is 5.91 Å². The van der Waals surface area contributed by atoms with E-state index in [1.165, 1.54) is 51.6 Å². The Balaban J connectivity index is 1.41. The minimum absolute atomic E-state index is 0.147. The van der Waals surface area contributed by atoms with Crippen LogP contribution in [0.1, 0.15) is 55.1 Å². The summed E-state index contributed by atoms with van der Waals surface area (Å²) in [7, 11) is 0. The number of hydrogen-bond donors (Lipinski definition) is 1. The molecule has 2 unspecified atom stereocenters. The van der Waals surface area contributed by atoms with Crippen LogP contribution in [0.15, 0.2) is 18.3 Å². The van der Waals surface area contributed by atoms with Crippen molar-refractivity contribution in [2.24, 2.45) is 11.8 Å². The lowest BCUT2D eigenvalue weighted by atomic mass is 9.96. The summed E-state index contributed by atoms with van der Waals surface area (Å²) in [5, 5.41) is 9.84. The van der Waals surface area contributed by atoms with Gasteiger partial charge in [-0.3, -0.25) is 4.79 Å². The van der Waals surface area contributed by atoms with Gasteiger partial charge in [-0.25, -0.2) is 0 Å². The van der Waals surface area contributed by atoms with E-state index in [4.69, 9.17) is 0 Å². The molecule has 25 heavy (non-hydrogen) atoms. The van der Waals surface area contributed by atoms with Gasteiger partial charge in [0.2, 0.25) is 0 Å². The smallest absolute Gasteiger partial charge is 0.270 e. The Morgan fingerprint density at radius 2 is 1.80 bits per heavy atom. The molecular weight excluding hydrogens is 314 g/mol. The van der Waals surface area contributed by atoms with E-state index in [0.29, 0.717) is 18.5 Å². The number of nitrogens with zero attached hydrogens (tertiary/aromatic N) is 3. The number of aliphatic hydroxyl groups is 1. The van der Waals surface area contributed by atoms with E-state index >= 15 is 0 Å². The first-order chi connectivity index (χ1) is 12.3. The van der Waals surface area contributed by atoms with E-state index in [0.717, 1.165) is 18.8 Å². The first-order valence-electron chi connectivity index (χ1n) is 10.1. The molecule has 1 aromatic heterocycles. The second-order valence-corrected chi connectivity index (χ2v) is 8.16. The molecule has 3 fully saturated rings. The van der Waals surface area contributed by atoms with Crippen LogP contribution < -0.4 is 0 Å². The number of aromatic nitrogens is 1. The number of hydrogen-bond acceptors (Lipinski definition) is 3. The highest BCUT2D eigenvalue weighted by molar-refractivity contribution is 5.93. The number of rotatable bonds is 5. The predicted molar refractivity (Wildman–Crippen MR) is 97.6 cm³/mol. The molecule has 1 saturated carbocycles. The van der Waals surface area contributed by atoms with Gasteiger partial charge >= 0.3 is 0 Å². The van der Waals surface area contributed by atoms with Gasteiger partial charge < -0.3 is 19.5 Å². The van der Waals surface area contributed by atoms with E-state index in [-0.39, 0.29) is 18.4 Å². The molecule has 1 aliphatic carbocycles. The molecule has 2 atom stereocenters. The second-order valence-electron chi connectivity index (χ2n) is 8.16. The lowest BCUT2D eigenvalue weighted by Crippen LogP contribution is -2.35. The highest BCUT2D eigenvalue weighted by Gasteiger charge is 2.37. The topological polar surface area (TPSA) is 48.7 Å². The summed E-state index contributed by atoms with van der Waals surface area (Å²) in [4.78, 5) is 17.6. The summed E-state index contributed by atoms with van der Waals surface area (Å²) in [6.07, 6.45) is 9.67. The molecular formula is C20H31N3O2. The minimum Gasteiger partial charge on any atom is -0.396 e. The highest BCUT2D eigenvalue weighted by atomic mass is 16.3. The molecule has 1 aromatic rings. The van der Waals surface area contributed by atoms with Crippen molar-refractivity contribution in [2.75, 3.05) is 39.3 Å². The molecule has 0 spiro atoms. The molecule has 2 saturated heterocycles. The van der Waals surface area contributed by atoms with Crippen molar-refractivity contribution in [1.82, 2.24) is 14.4 Å². The molecule has 0 aromatic carbocycles. The van der Waals surface area contributed by atoms with Crippen molar-refractivity contribution < 1.29 is 9.90 Å². The van der Waals surface area contributed by atoms with Crippen LogP contribution in [-0.4, -0.2) is 64.7 Å². The third-order valence-electron chi connectivity index (χ3n) is 6.23. The monoisotopic (exact) mass is 345 g/mol. The summed E-state index contributed by atoms with van der Waals surface area (Å²) in [5.41, 5.74) is 0.828. The molecule has 0 radical (unpaired) electrons. The van der Waals surface area contributed by atoms with Gasteiger partial charge in [-0.05, 0) is 56.8 Å². The molecule has 1 N–H and O–H groups in total. The summed E-state index contributed by atoms with van der Waals surface area (Å²) < 4.78 is 2.15. The van der Waals surface area contributed by atoms with Crippen LogP contribution in [0.2, 0.25) is 0 Å². The zero-order chi connectivity index (χ0) is 17.2. The Kier molecular flexibility index (Phi) is 5.13. The van der Waals surface area contributed by atoms with Gasteiger partial charge in [0.15, 0.2) is 0 Å². The van der Waals surface area contributed by atoms with E-state index in [1.54, 1.807) is 0 Å². The third kappa shape index (κ3) is 3.77. The van der Waals surface area contributed by atoms with Crippen LogP contribution >= 0.6 is 0 Å². The molecule has 5 heteroatoms. The Hall–Kier alpha value is -1.33. The number of likely N-dealkylation sites (tertiary alicyclic amines) is 2. The molecule has 2 aliphatic heterocycles. The number of carbonyl (C=O) groups is 1. The zero-order valence-electron chi connectivity index (χ0n) is 15.1.